The summed E-state index contributed by atoms with van der Waals surface area (Å²) in [6.07, 6.45) is -1.70. The second kappa shape index (κ2) is 12.3. The standard InChI is InChI=1S/C28H28F3N7O/c1-3-4-8-17-38-27(39)25(26(37-38)32-21-13-11-20(12-14-21)28(29,30)31)36-34-23-15-16-24(19(2)18-23)35-33-22-9-6-5-7-10-22/h5-7,9-16,18,39H,3-4,8,17H2,1-2H3,(H,32,37)/b35-33+,36-34+. The Bertz CT molecular complexity index is 1450. The summed E-state index contributed by atoms with van der Waals surface area (Å²) in [5, 5.41) is 35.2. The summed E-state index contributed by atoms with van der Waals surface area (Å²) in [5.74, 6) is -0.00761. The van der Waals surface area contributed by atoms with Crippen LogP contribution in [0.1, 0.15) is 37.3 Å². The zero-order valence-electron chi connectivity index (χ0n) is 21.5. The second-order valence-electron chi connectivity index (χ2n) is 8.86. The number of unbranched alkanes of at least 4 members (excludes halogenated alkanes) is 2. The summed E-state index contributed by atoms with van der Waals surface area (Å²) < 4.78 is 40.2. The molecule has 2 N–H and O–H groups in total. The molecule has 0 unspecified atom stereocenters. The van der Waals surface area contributed by atoms with Gasteiger partial charge in [0.1, 0.15) is 0 Å². The fraction of sp³-hybridized carbons (Fsp3) is 0.250. The number of aromatic hydroxyl groups is 1. The molecule has 4 aromatic rings. The number of benzene rings is 3. The molecule has 0 radical (unpaired) electrons. The molecule has 0 aliphatic rings. The summed E-state index contributed by atoms with van der Waals surface area (Å²) in [7, 11) is 0. The third-order valence-corrected chi connectivity index (χ3v) is 5.82. The lowest BCUT2D eigenvalue weighted by atomic mass is 10.2. The number of aryl methyl sites for hydroxylation is 2. The van der Waals surface area contributed by atoms with Gasteiger partial charge in [0.25, 0.3) is 0 Å². The number of halogens is 3. The van der Waals surface area contributed by atoms with Crippen molar-refractivity contribution >= 4 is 34.3 Å². The average Bonchev–Trinajstić information content (AvgIpc) is 3.21. The van der Waals surface area contributed by atoms with Gasteiger partial charge in [-0.15, -0.1) is 10.2 Å². The van der Waals surface area contributed by atoms with Gasteiger partial charge in [-0.3, -0.25) is 0 Å². The lowest BCUT2D eigenvalue weighted by Gasteiger charge is -2.08. The van der Waals surface area contributed by atoms with Gasteiger partial charge in [-0.25, -0.2) is 4.68 Å². The first-order valence-corrected chi connectivity index (χ1v) is 12.5. The van der Waals surface area contributed by atoms with Crippen molar-refractivity contribution in [1.82, 2.24) is 9.78 Å². The molecule has 0 saturated carbocycles. The normalized spacial score (nSPS) is 12.0. The van der Waals surface area contributed by atoms with E-state index in [1.807, 2.05) is 37.3 Å². The van der Waals surface area contributed by atoms with Crippen molar-refractivity contribution in [2.75, 3.05) is 5.32 Å². The first kappa shape index (κ1) is 27.5. The number of nitrogens with one attached hydrogen (secondary N) is 1. The molecule has 0 saturated heterocycles. The predicted molar refractivity (Wildman–Crippen MR) is 144 cm³/mol. The third-order valence-electron chi connectivity index (χ3n) is 5.82. The summed E-state index contributed by atoms with van der Waals surface area (Å²) >= 11 is 0. The van der Waals surface area contributed by atoms with E-state index in [1.165, 1.54) is 16.8 Å². The van der Waals surface area contributed by atoms with Crippen molar-refractivity contribution in [2.24, 2.45) is 20.5 Å². The molecular weight excluding hydrogens is 507 g/mol. The molecule has 0 aliphatic heterocycles. The van der Waals surface area contributed by atoms with Crippen molar-refractivity contribution in [3.63, 3.8) is 0 Å². The summed E-state index contributed by atoms with van der Waals surface area (Å²) in [6, 6.07) is 19.2. The van der Waals surface area contributed by atoms with Crippen molar-refractivity contribution in [3.8, 4) is 5.88 Å². The Kier molecular flexibility index (Phi) is 8.70. The van der Waals surface area contributed by atoms with Gasteiger partial charge in [0.05, 0.1) is 22.6 Å². The molecule has 0 fully saturated rings. The molecule has 0 aliphatic carbocycles. The SMILES string of the molecule is CCCCCn1nc(Nc2ccc(C(F)(F)F)cc2)c(/N=N/c2ccc(/N=N/c3ccccc3)c(C)c2)c1O. The molecule has 4 rings (SSSR count). The van der Waals surface area contributed by atoms with Crippen LogP contribution < -0.4 is 5.32 Å². The van der Waals surface area contributed by atoms with Crippen LogP contribution in [-0.4, -0.2) is 14.9 Å². The van der Waals surface area contributed by atoms with Crippen LogP contribution in [0.2, 0.25) is 0 Å². The molecular formula is C28H28F3N7O. The van der Waals surface area contributed by atoms with E-state index in [0.29, 0.717) is 23.6 Å². The van der Waals surface area contributed by atoms with E-state index < -0.39 is 11.7 Å². The molecule has 0 amide bonds. The smallest absolute Gasteiger partial charge is 0.416 e. The van der Waals surface area contributed by atoms with Crippen LogP contribution in [0.5, 0.6) is 5.88 Å². The topological polar surface area (TPSA) is 99.5 Å². The monoisotopic (exact) mass is 535 g/mol. The van der Waals surface area contributed by atoms with E-state index in [2.05, 4.69) is 37.8 Å². The van der Waals surface area contributed by atoms with Crippen LogP contribution >= 0.6 is 0 Å². The minimum Gasteiger partial charge on any atom is -0.492 e. The second-order valence-corrected chi connectivity index (χ2v) is 8.86. The Morgan fingerprint density at radius 1 is 0.872 bits per heavy atom. The van der Waals surface area contributed by atoms with Crippen molar-refractivity contribution < 1.29 is 18.3 Å². The van der Waals surface area contributed by atoms with E-state index in [9.17, 15) is 18.3 Å². The first-order valence-electron chi connectivity index (χ1n) is 12.5. The highest BCUT2D eigenvalue weighted by Crippen LogP contribution is 2.39. The molecule has 1 heterocycles. The minimum absolute atomic E-state index is 0.0805. The van der Waals surface area contributed by atoms with Crippen LogP contribution in [0.25, 0.3) is 0 Å². The molecule has 0 atom stereocenters. The van der Waals surface area contributed by atoms with Crippen LogP contribution in [-0.2, 0) is 12.7 Å². The number of anilines is 2. The fourth-order valence-electron chi connectivity index (χ4n) is 3.69. The van der Waals surface area contributed by atoms with Crippen molar-refractivity contribution in [2.45, 2.75) is 45.8 Å². The van der Waals surface area contributed by atoms with Gasteiger partial charge < -0.3 is 10.4 Å². The highest BCUT2D eigenvalue weighted by atomic mass is 19.4. The van der Waals surface area contributed by atoms with Crippen LogP contribution in [0.4, 0.5) is 47.4 Å². The molecule has 11 heteroatoms. The van der Waals surface area contributed by atoms with Crippen LogP contribution in [0.15, 0.2) is 93.3 Å². The number of azo groups is 2. The Morgan fingerprint density at radius 2 is 1.59 bits per heavy atom. The summed E-state index contributed by atoms with van der Waals surface area (Å²) in [4.78, 5) is 0. The molecule has 0 spiro atoms. The zero-order chi connectivity index (χ0) is 27.8. The Morgan fingerprint density at radius 3 is 2.26 bits per heavy atom. The molecule has 1 aromatic heterocycles. The fourth-order valence-corrected chi connectivity index (χ4v) is 3.69. The van der Waals surface area contributed by atoms with Crippen molar-refractivity contribution in [1.29, 1.82) is 0 Å². The maximum Gasteiger partial charge on any atom is 0.416 e. The molecule has 0 bridgehead atoms. The van der Waals surface area contributed by atoms with Gasteiger partial charge in [0, 0.05) is 12.2 Å². The average molecular weight is 536 g/mol. The minimum atomic E-state index is -4.44. The Labute approximate surface area is 223 Å². The van der Waals surface area contributed by atoms with Crippen molar-refractivity contribution in [3.05, 3.63) is 83.9 Å². The largest absolute Gasteiger partial charge is 0.492 e. The maximum atomic E-state index is 12.9. The van der Waals surface area contributed by atoms with E-state index in [0.717, 1.165) is 42.6 Å². The molecule has 8 nitrogen and oxygen atoms in total. The number of rotatable bonds is 10. The third kappa shape index (κ3) is 7.28. The van der Waals surface area contributed by atoms with Crippen LogP contribution in [0, 0.1) is 6.92 Å². The van der Waals surface area contributed by atoms with Gasteiger partial charge in [0.15, 0.2) is 11.5 Å². The molecule has 39 heavy (non-hydrogen) atoms. The Balaban J connectivity index is 1.58. The summed E-state index contributed by atoms with van der Waals surface area (Å²) in [6.45, 7) is 4.40. The van der Waals surface area contributed by atoms with Gasteiger partial charge in [-0.2, -0.15) is 28.5 Å². The van der Waals surface area contributed by atoms with E-state index in [1.54, 1.807) is 18.2 Å². The number of hydrogen-bond donors (Lipinski definition) is 2. The van der Waals surface area contributed by atoms with Gasteiger partial charge in [-0.1, -0.05) is 38.0 Å². The first-order chi connectivity index (χ1) is 18.7. The highest BCUT2D eigenvalue weighted by Gasteiger charge is 2.30. The molecule has 202 valence electrons. The quantitative estimate of drug-likeness (QED) is 0.156. The van der Waals surface area contributed by atoms with E-state index >= 15 is 0 Å². The van der Waals surface area contributed by atoms with Gasteiger partial charge >= 0.3 is 6.18 Å². The Hall–Kier alpha value is -4.54. The summed E-state index contributed by atoms with van der Waals surface area (Å²) in [5.41, 5.74) is 2.44. The number of aromatic nitrogens is 2. The number of hydrogen-bond acceptors (Lipinski definition) is 7. The molecule has 3 aromatic carbocycles. The lowest BCUT2D eigenvalue weighted by Crippen LogP contribution is -2.04. The zero-order valence-corrected chi connectivity index (χ0v) is 21.5. The number of nitrogens with zero attached hydrogens (tertiary/aromatic N) is 6. The lowest BCUT2D eigenvalue weighted by molar-refractivity contribution is -0.137. The maximum absolute atomic E-state index is 12.9. The number of alkyl halides is 3. The van der Waals surface area contributed by atoms with Crippen LogP contribution in [0.3, 0.4) is 0 Å². The predicted octanol–water partition coefficient (Wildman–Crippen LogP) is 9.68. The highest BCUT2D eigenvalue weighted by molar-refractivity contribution is 5.72. The van der Waals surface area contributed by atoms with Gasteiger partial charge in [-0.05, 0) is 73.5 Å². The van der Waals surface area contributed by atoms with E-state index in [4.69, 9.17) is 0 Å². The van der Waals surface area contributed by atoms with E-state index in [-0.39, 0.29) is 17.4 Å². The van der Waals surface area contributed by atoms with Gasteiger partial charge in [0.2, 0.25) is 5.88 Å².